The van der Waals surface area contributed by atoms with Gasteiger partial charge in [-0.15, -0.1) is 3.98 Å². The van der Waals surface area contributed by atoms with Crippen LogP contribution in [0.5, 0.6) is 0 Å². The molecule has 0 aliphatic carbocycles. The molecule has 1 aliphatic heterocycles. The van der Waals surface area contributed by atoms with Crippen molar-refractivity contribution in [3.8, 4) is 0 Å². The highest BCUT2D eigenvalue weighted by atomic mass is 35.5. The first-order valence-electron chi connectivity index (χ1n) is 7.59. The Balaban J connectivity index is 0.00000169. The van der Waals surface area contributed by atoms with Gasteiger partial charge in [-0.2, -0.15) is 8.42 Å². The Bertz CT molecular complexity index is 1030. The van der Waals surface area contributed by atoms with E-state index in [4.69, 9.17) is 0 Å². The second-order valence-electron chi connectivity index (χ2n) is 5.87. The molecule has 0 fully saturated rings. The summed E-state index contributed by atoms with van der Waals surface area (Å²) in [6.45, 7) is 2.41. The molecule has 0 radical (unpaired) electrons. The summed E-state index contributed by atoms with van der Waals surface area (Å²) in [4.78, 5) is 3.65. The van der Waals surface area contributed by atoms with Gasteiger partial charge in [-0.1, -0.05) is 35.9 Å². The molecule has 0 saturated carbocycles. The van der Waals surface area contributed by atoms with Crippen molar-refractivity contribution < 1.29 is 24.8 Å². The van der Waals surface area contributed by atoms with Gasteiger partial charge in [-0.3, -0.25) is 0 Å². The molecule has 0 unspecified atom stereocenters. The van der Waals surface area contributed by atoms with E-state index in [0.29, 0.717) is 17.9 Å². The first kappa shape index (κ1) is 16.7. The molecule has 0 atom stereocenters. The van der Waals surface area contributed by atoms with E-state index in [2.05, 4.69) is 11.1 Å². The van der Waals surface area contributed by atoms with Crippen LogP contribution in [0.15, 0.2) is 53.4 Å². The van der Waals surface area contributed by atoms with E-state index in [1.54, 1.807) is 18.3 Å². The van der Waals surface area contributed by atoms with Gasteiger partial charge in [0.15, 0.2) is 6.54 Å². The van der Waals surface area contributed by atoms with Crippen LogP contribution in [0, 0.1) is 6.92 Å². The van der Waals surface area contributed by atoms with Crippen molar-refractivity contribution in [2.24, 2.45) is 0 Å². The molecule has 3 aromatic rings. The summed E-state index contributed by atoms with van der Waals surface area (Å²) in [6.07, 6.45) is 2.43. The largest absolute Gasteiger partial charge is 1.00 e. The van der Waals surface area contributed by atoms with Crippen molar-refractivity contribution in [2.45, 2.75) is 18.2 Å². The topological polar surface area (TPSA) is 52.9 Å². The maximum atomic E-state index is 12.8. The summed E-state index contributed by atoms with van der Waals surface area (Å²) >= 11 is 0. The minimum absolute atomic E-state index is 0. The van der Waals surface area contributed by atoms with Gasteiger partial charge in [0, 0.05) is 17.3 Å². The quantitative estimate of drug-likeness (QED) is 0.647. The molecule has 2 aromatic carbocycles. The number of aromatic nitrogens is 1. The normalized spacial score (nSPS) is 14.0. The number of benzene rings is 2. The van der Waals surface area contributed by atoms with Crippen LogP contribution < -0.4 is 12.4 Å². The van der Waals surface area contributed by atoms with Crippen LogP contribution in [0.1, 0.15) is 16.8 Å². The summed E-state index contributed by atoms with van der Waals surface area (Å²) in [6, 6.07) is 15.1. The Morgan fingerprint density at radius 2 is 1.75 bits per heavy atom. The lowest BCUT2D eigenvalue weighted by atomic mass is 10.1. The number of aromatic amines is 1. The summed E-state index contributed by atoms with van der Waals surface area (Å²) in [5, 5.41) is 1.17. The molecule has 124 valence electrons. The monoisotopic (exact) mass is 360 g/mol. The third-order valence-corrected chi connectivity index (χ3v) is 6.10. The van der Waals surface area contributed by atoms with Crippen molar-refractivity contribution in [1.82, 2.24) is 4.98 Å². The molecule has 0 spiro atoms. The number of para-hydroxylation sites is 1. The maximum absolute atomic E-state index is 12.8. The number of hydrogen-bond donors (Lipinski definition) is 1. The van der Waals surface area contributed by atoms with Gasteiger partial charge in [0.25, 0.3) is 0 Å². The van der Waals surface area contributed by atoms with Gasteiger partial charge >= 0.3 is 10.0 Å². The molecule has 6 heteroatoms. The van der Waals surface area contributed by atoms with Crippen LogP contribution in [0.2, 0.25) is 0 Å². The summed E-state index contributed by atoms with van der Waals surface area (Å²) in [5.41, 5.74) is 4.16. The highest BCUT2D eigenvalue weighted by molar-refractivity contribution is 7.85. The SMILES string of the molecule is Cc1ccc(S(=O)(=O)[N+]2=Cc3[nH]c4ccccc4c3CC2)cc1.[Cl-]. The molecule has 4 rings (SSSR count). The Hall–Kier alpha value is -2.11. The second kappa shape index (κ2) is 6.07. The van der Waals surface area contributed by atoms with Crippen LogP contribution in [0.25, 0.3) is 10.9 Å². The van der Waals surface area contributed by atoms with Crippen molar-refractivity contribution in [3.63, 3.8) is 0 Å². The molecule has 1 aliphatic rings. The fourth-order valence-electron chi connectivity index (χ4n) is 3.07. The zero-order valence-corrected chi connectivity index (χ0v) is 14.7. The number of nitrogens with zero attached hydrogens (tertiary/aromatic N) is 1. The third-order valence-electron chi connectivity index (χ3n) is 4.33. The zero-order valence-electron chi connectivity index (χ0n) is 13.2. The van der Waals surface area contributed by atoms with Crippen molar-refractivity contribution >= 4 is 27.1 Å². The fourth-order valence-corrected chi connectivity index (χ4v) is 4.39. The Labute approximate surface area is 147 Å². The van der Waals surface area contributed by atoms with Gasteiger partial charge in [0.2, 0.25) is 6.21 Å². The van der Waals surface area contributed by atoms with Crippen LogP contribution in [-0.4, -0.2) is 30.1 Å². The Morgan fingerprint density at radius 1 is 1.04 bits per heavy atom. The van der Waals surface area contributed by atoms with E-state index in [9.17, 15) is 8.42 Å². The van der Waals surface area contributed by atoms with Crippen molar-refractivity contribution in [3.05, 3.63) is 65.4 Å². The van der Waals surface area contributed by atoms with E-state index < -0.39 is 10.0 Å². The number of H-pyrrole nitrogens is 1. The third kappa shape index (κ3) is 2.64. The highest BCUT2D eigenvalue weighted by Crippen LogP contribution is 2.25. The molecule has 4 nitrogen and oxygen atoms in total. The lowest BCUT2D eigenvalue weighted by molar-refractivity contribution is -0.361. The van der Waals surface area contributed by atoms with Gasteiger partial charge in [0.05, 0.1) is 0 Å². The number of aryl methyl sites for hydroxylation is 1. The van der Waals surface area contributed by atoms with E-state index in [1.807, 2.05) is 37.3 Å². The smallest absolute Gasteiger partial charge is 0.394 e. The predicted molar refractivity (Wildman–Crippen MR) is 90.7 cm³/mol. The van der Waals surface area contributed by atoms with Crippen molar-refractivity contribution in [2.75, 3.05) is 6.54 Å². The summed E-state index contributed by atoms with van der Waals surface area (Å²) in [7, 11) is -3.50. The number of halogens is 1. The zero-order chi connectivity index (χ0) is 16.0. The number of sulfonamides is 1. The molecule has 1 aromatic heterocycles. The molecule has 1 N–H and O–H groups in total. The average Bonchev–Trinajstić information content (AvgIpc) is 2.93. The lowest BCUT2D eigenvalue weighted by Gasteiger charge is -2.09. The lowest BCUT2D eigenvalue weighted by Crippen LogP contribution is -3.00. The molecule has 0 bridgehead atoms. The number of rotatable bonds is 2. The Kier molecular flexibility index (Phi) is 4.24. The minimum Gasteiger partial charge on any atom is -1.00 e. The van der Waals surface area contributed by atoms with Gasteiger partial charge in [-0.05, 0) is 30.7 Å². The average molecular weight is 361 g/mol. The van der Waals surface area contributed by atoms with E-state index in [1.165, 1.54) is 14.9 Å². The number of fused-ring (bicyclic) bond motifs is 3. The number of hydrogen-bond acceptors (Lipinski definition) is 2. The van der Waals surface area contributed by atoms with Gasteiger partial charge in [-0.25, -0.2) is 0 Å². The fraction of sp³-hybridized carbons (Fsp3) is 0.167. The second-order valence-corrected chi connectivity index (χ2v) is 7.76. The van der Waals surface area contributed by atoms with E-state index >= 15 is 0 Å². The summed E-state index contributed by atoms with van der Waals surface area (Å²) in [5.74, 6) is 0. The minimum atomic E-state index is -3.50. The first-order valence-corrected chi connectivity index (χ1v) is 9.03. The van der Waals surface area contributed by atoms with Crippen molar-refractivity contribution in [1.29, 1.82) is 0 Å². The molecule has 0 amide bonds. The van der Waals surface area contributed by atoms with Crippen LogP contribution in [0.3, 0.4) is 0 Å². The maximum Gasteiger partial charge on any atom is 0.394 e. The Morgan fingerprint density at radius 3 is 2.50 bits per heavy atom. The van der Waals surface area contributed by atoms with Crippen LogP contribution in [0.4, 0.5) is 0 Å². The molecule has 0 saturated heterocycles. The van der Waals surface area contributed by atoms with Gasteiger partial charge < -0.3 is 17.4 Å². The standard InChI is InChI=1S/C18H16N2O2S.ClH/c1-13-6-8-14(9-7-13)23(21,22)20-11-10-16-15-4-2-3-5-17(15)19-18(16)12-20;/h2-9,12H,10-11H2,1H3;1H. The van der Waals surface area contributed by atoms with E-state index in [-0.39, 0.29) is 12.4 Å². The highest BCUT2D eigenvalue weighted by Gasteiger charge is 2.31. The number of nitrogens with one attached hydrogen (secondary N) is 1. The molecular formula is C18H17ClN2O2S. The first-order chi connectivity index (χ1) is 11.1. The molecule has 24 heavy (non-hydrogen) atoms. The summed E-state index contributed by atoms with van der Waals surface area (Å²) < 4.78 is 27.0. The molecular weight excluding hydrogens is 344 g/mol. The van der Waals surface area contributed by atoms with Crippen LogP contribution >= 0.6 is 0 Å². The molecule has 2 heterocycles. The van der Waals surface area contributed by atoms with E-state index in [0.717, 1.165) is 16.8 Å². The van der Waals surface area contributed by atoms with Crippen LogP contribution in [-0.2, 0) is 16.4 Å². The van der Waals surface area contributed by atoms with Gasteiger partial charge in [0.1, 0.15) is 10.6 Å². The predicted octanol–water partition coefficient (Wildman–Crippen LogP) is -0.143.